The Morgan fingerprint density at radius 2 is 1.76 bits per heavy atom. The maximum absolute atomic E-state index is 11.0. The highest BCUT2D eigenvalue weighted by molar-refractivity contribution is 5.95. The number of carbonyl (C=O) groups is 1. The number of allylic oxidation sites excluding steroid dienone is 1. The highest BCUT2D eigenvalue weighted by Gasteiger charge is 2.23. The molecule has 4 heteroatoms. The third-order valence-corrected chi connectivity index (χ3v) is 4.20. The molecular weight excluding hydrogens is 312 g/mol. The van der Waals surface area contributed by atoms with Gasteiger partial charge in [-0.2, -0.15) is 0 Å². The van der Waals surface area contributed by atoms with Gasteiger partial charge < -0.3 is 10.0 Å². The zero-order chi connectivity index (χ0) is 17.8. The second-order valence-corrected chi connectivity index (χ2v) is 6.34. The van der Waals surface area contributed by atoms with Gasteiger partial charge in [-0.3, -0.25) is 0 Å². The van der Waals surface area contributed by atoms with E-state index in [0.29, 0.717) is 0 Å². The SMILES string of the molecule is CC(C)N1C(c2ccccc2)=CCCC1=Nc1ccc(C(=O)O)cc1. The minimum Gasteiger partial charge on any atom is -0.478 e. The lowest BCUT2D eigenvalue weighted by Gasteiger charge is -2.35. The van der Waals surface area contributed by atoms with E-state index >= 15 is 0 Å². The Labute approximate surface area is 148 Å². The second kappa shape index (κ2) is 7.34. The maximum Gasteiger partial charge on any atom is 0.335 e. The normalized spacial score (nSPS) is 16.2. The lowest BCUT2D eigenvalue weighted by molar-refractivity contribution is 0.0697. The van der Waals surface area contributed by atoms with Crippen LogP contribution in [-0.2, 0) is 0 Å². The Morgan fingerprint density at radius 3 is 2.36 bits per heavy atom. The molecule has 0 atom stereocenters. The van der Waals surface area contributed by atoms with Crippen molar-refractivity contribution in [2.45, 2.75) is 32.7 Å². The Kier molecular flexibility index (Phi) is 4.98. The first-order valence-electron chi connectivity index (χ1n) is 8.52. The van der Waals surface area contributed by atoms with Crippen molar-refractivity contribution in [1.82, 2.24) is 4.90 Å². The van der Waals surface area contributed by atoms with Crippen LogP contribution in [0.5, 0.6) is 0 Å². The summed E-state index contributed by atoms with van der Waals surface area (Å²) in [6, 6.07) is 17.3. The summed E-state index contributed by atoms with van der Waals surface area (Å²) in [7, 11) is 0. The number of aromatic carboxylic acids is 1. The Morgan fingerprint density at radius 1 is 1.08 bits per heavy atom. The van der Waals surface area contributed by atoms with Crippen molar-refractivity contribution >= 4 is 23.2 Å². The van der Waals surface area contributed by atoms with E-state index in [1.165, 1.54) is 11.3 Å². The lowest BCUT2D eigenvalue weighted by atomic mass is 10.0. The number of hydrogen-bond acceptors (Lipinski definition) is 2. The Balaban J connectivity index is 1.95. The number of amidine groups is 1. The highest BCUT2D eigenvalue weighted by atomic mass is 16.4. The average Bonchev–Trinajstić information content (AvgIpc) is 2.62. The van der Waals surface area contributed by atoms with Gasteiger partial charge in [-0.1, -0.05) is 36.4 Å². The molecule has 1 aliphatic rings. The predicted octanol–water partition coefficient (Wildman–Crippen LogP) is 4.96. The first kappa shape index (κ1) is 17.0. The van der Waals surface area contributed by atoms with Gasteiger partial charge in [-0.05, 0) is 50.1 Å². The molecular formula is C21H22N2O2. The molecule has 1 aliphatic heterocycles. The molecule has 0 unspecified atom stereocenters. The van der Waals surface area contributed by atoms with Crippen LogP contribution >= 0.6 is 0 Å². The summed E-state index contributed by atoms with van der Waals surface area (Å²) in [5.74, 6) is 0.0920. The lowest BCUT2D eigenvalue weighted by Crippen LogP contribution is -2.37. The summed E-state index contributed by atoms with van der Waals surface area (Å²) in [5.41, 5.74) is 3.42. The highest BCUT2D eigenvalue weighted by Crippen LogP contribution is 2.29. The van der Waals surface area contributed by atoms with Gasteiger partial charge in [-0.15, -0.1) is 0 Å². The van der Waals surface area contributed by atoms with Gasteiger partial charge in [-0.25, -0.2) is 9.79 Å². The zero-order valence-electron chi connectivity index (χ0n) is 14.5. The van der Waals surface area contributed by atoms with Crippen molar-refractivity contribution in [2.75, 3.05) is 0 Å². The fourth-order valence-electron chi connectivity index (χ4n) is 3.08. The number of rotatable bonds is 4. The maximum atomic E-state index is 11.0. The first-order chi connectivity index (χ1) is 12.1. The van der Waals surface area contributed by atoms with Crippen LogP contribution in [0.4, 0.5) is 5.69 Å². The number of aliphatic imine (C=N–C) groups is 1. The predicted molar refractivity (Wildman–Crippen MR) is 101 cm³/mol. The molecule has 0 bridgehead atoms. The van der Waals surface area contributed by atoms with Crippen LogP contribution in [0, 0.1) is 0 Å². The van der Waals surface area contributed by atoms with Gasteiger partial charge in [0.1, 0.15) is 5.84 Å². The number of nitrogens with zero attached hydrogens (tertiary/aromatic N) is 2. The van der Waals surface area contributed by atoms with E-state index in [1.54, 1.807) is 24.3 Å². The molecule has 0 aliphatic carbocycles. The number of benzene rings is 2. The molecule has 4 nitrogen and oxygen atoms in total. The van der Waals surface area contributed by atoms with Crippen LogP contribution in [0.2, 0.25) is 0 Å². The molecule has 0 radical (unpaired) electrons. The molecule has 0 amide bonds. The fraction of sp³-hybridized carbons (Fsp3) is 0.238. The van der Waals surface area contributed by atoms with E-state index in [1.807, 2.05) is 18.2 Å². The van der Waals surface area contributed by atoms with E-state index in [4.69, 9.17) is 10.1 Å². The summed E-state index contributed by atoms with van der Waals surface area (Å²) < 4.78 is 0. The Bertz CT molecular complexity index is 806. The third-order valence-electron chi connectivity index (χ3n) is 4.20. The Hall–Kier alpha value is -2.88. The standard InChI is InChI=1S/C21H22N2O2/c1-15(2)23-19(16-7-4-3-5-8-16)9-6-10-20(23)22-18-13-11-17(12-14-18)21(24)25/h3-5,7-9,11-15H,6,10H2,1-2H3,(H,24,25). The van der Waals surface area contributed by atoms with Crippen molar-refractivity contribution in [3.05, 3.63) is 71.8 Å². The molecule has 3 rings (SSSR count). The summed E-state index contributed by atoms with van der Waals surface area (Å²) in [6.45, 7) is 4.32. The van der Waals surface area contributed by atoms with Crippen LogP contribution in [0.1, 0.15) is 42.6 Å². The molecule has 1 heterocycles. The number of carboxylic acids is 1. The van der Waals surface area contributed by atoms with Crippen molar-refractivity contribution in [2.24, 2.45) is 4.99 Å². The largest absolute Gasteiger partial charge is 0.478 e. The van der Waals surface area contributed by atoms with E-state index < -0.39 is 5.97 Å². The summed E-state index contributed by atoms with van der Waals surface area (Å²) in [5, 5.41) is 9.02. The fourth-order valence-corrected chi connectivity index (χ4v) is 3.08. The molecule has 0 aromatic heterocycles. The van der Waals surface area contributed by atoms with Crippen molar-refractivity contribution in [3.8, 4) is 0 Å². The summed E-state index contributed by atoms with van der Waals surface area (Å²) >= 11 is 0. The smallest absolute Gasteiger partial charge is 0.335 e. The molecule has 0 fully saturated rings. The van der Waals surface area contributed by atoms with Crippen molar-refractivity contribution < 1.29 is 9.90 Å². The number of carboxylic acid groups (broad SMARTS) is 1. The first-order valence-corrected chi connectivity index (χ1v) is 8.52. The van der Waals surface area contributed by atoms with E-state index in [0.717, 1.165) is 24.4 Å². The van der Waals surface area contributed by atoms with Gasteiger partial charge in [0.25, 0.3) is 0 Å². The van der Waals surface area contributed by atoms with E-state index in [9.17, 15) is 4.79 Å². The quantitative estimate of drug-likeness (QED) is 0.860. The molecule has 1 N–H and O–H groups in total. The van der Waals surface area contributed by atoms with E-state index in [-0.39, 0.29) is 11.6 Å². The monoisotopic (exact) mass is 334 g/mol. The molecule has 2 aromatic carbocycles. The van der Waals surface area contributed by atoms with Crippen LogP contribution in [-0.4, -0.2) is 27.9 Å². The van der Waals surface area contributed by atoms with Gasteiger partial charge in [0, 0.05) is 18.2 Å². The van der Waals surface area contributed by atoms with Crippen LogP contribution in [0.15, 0.2) is 65.7 Å². The zero-order valence-corrected chi connectivity index (χ0v) is 14.5. The minimum absolute atomic E-state index is 0.276. The van der Waals surface area contributed by atoms with Crippen LogP contribution in [0.25, 0.3) is 5.70 Å². The molecule has 0 saturated heterocycles. The van der Waals surface area contributed by atoms with Crippen LogP contribution < -0.4 is 0 Å². The number of hydrogen-bond donors (Lipinski definition) is 1. The van der Waals surface area contributed by atoms with E-state index in [2.05, 4.69) is 37.0 Å². The second-order valence-electron chi connectivity index (χ2n) is 6.34. The van der Waals surface area contributed by atoms with Crippen molar-refractivity contribution in [3.63, 3.8) is 0 Å². The molecule has 0 spiro atoms. The summed E-state index contributed by atoms with van der Waals surface area (Å²) in [4.78, 5) is 18.1. The van der Waals surface area contributed by atoms with Crippen LogP contribution in [0.3, 0.4) is 0 Å². The summed E-state index contributed by atoms with van der Waals surface area (Å²) in [6.07, 6.45) is 4.08. The van der Waals surface area contributed by atoms with Gasteiger partial charge in [0.2, 0.25) is 0 Å². The van der Waals surface area contributed by atoms with Gasteiger partial charge >= 0.3 is 5.97 Å². The topological polar surface area (TPSA) is 52.9 Å². The molecule has 128 valence electrons. The molecule has 0 saturated carbocycles. The average molecular weight is 334 g/mol. The van der Waals surface area contributed by atoms with Crippen molar-refractivity contribution in [1.29, 1.82) is 0 Å². The third kappa shape index (κ3) is 3.79. The molecule has 25 heavy (non-hydrogen) atoms. The molecule has 2 aromatic rings. The van der Waals surface area contributed by atoms with Gasteiger partial charge in [0.05, 0.1) is 11.3 Å². The van der Waals surface area contributed by atoms with Gasteiger partial charge in [0.15, 0.2) is 0 Å². The minimum atomic E-state index is -0.921.